The van der Waals surface area contributed by atoms with Gasteiger partial charge in [0.25, 0.3) is 0 Å². The predicted molar refractivity (Wildman–Crippen MR) is 92.2 cm³/mol. The number of hydrogen-bond donors (Lipinski definition) is 1. The number of hydrogen-bond acceptors (Lipinski definition) is 4. The average molecular weight is 342 g/mol. The van der Waals surface area contributed by atoms with Gasteiger partial charge < -0.3 is 10.1 Å². The summed E-state index contributed by atoms with van der Waals surface area (Å²) in [7, 11) is -1.91. The highest BCUT2D eigenvalue weighted by molar-refractivity contribution is 7.92. The van der Waals surface area contributed by atoms with Crippen LogP contribution in [0.5, 0.6) is 0 Å². The summed E-state index contributed by atoms with van der Waals surface area (Å²) in [5.74, 6) is -0.192. The molecule has 1 rings (SSSR count). The molecule has 0 aliphatic carbocycles. The van der Waals surface area contributed by atoms with Gasteiger partial charge in [0.15, 0.2) is 0 Å². The van der Waals surface area contributed by atoms with Gasteiger partial charge in [-0.3, -0.25) is 9.10 Å². The van der Waals surface area contributed by atoms with Crippen molar-refractivity contribution < 1.29 is 17.9 Å². The molecule has 1 amide bonds. The van der Waals surface area contributed by atoms with Crippen molar-refractivity contribution >= 4 is 21.6 Å². The quantitative estimate of drug-likeness (QED) is 0.690. The van der Waals surface area contributed by atoms with E-state index in [1.165, 1.54) is 10.6 Å². The largest absolute Gasteiger partial charge is 0.383 e. The standard InChI is InChI=1S/C16H26N2O4S/c1-5-14-8-6-7-13(2)16(14)18(23(4,20)21)11-9-15(19)17-10-12-22-3/h6-8H,5,9-12H2,1-4H3,(H,17,19). The number of carbonyl (C=O) groups excluding carboxylic acids is 1. The zero-order valence-corrected chi connectivity index (χ0v) is 15.1. The van der Waals surface area contributed by atoms with Crippen molar-refractivity contribution in [3.8, 4) is 0 Å². The summed E-state index contributed by atoms with van der Waals surface area (Å²) in [5.41, 5.74) is 2.52. The van der Waals surface area contributed by atoms with E-state index in [1.54, 1.807) is 7.11 Å². The Balaban J connectivity index is 2.94. The molecule has 0 unspecified atom stereocenters. The lowest BCUT2D eigenvalue weighted by atomic mass is 10.1. The van der Waals surface area contributed by atoms with Crippen LogP contribution in [0.3, 0.4) is 0 Å². The van der Waals surface area contributed by atoms with Gasteiger partial charge in [0.05, 0.1) is 18.6 Å². The van der Waals surface area contributed by atoms with Gasteiger partial charge in [-0.2, -0.15) is 0 Å². The van der Waals surface area contributed by atoms with Crippen molar-refractivity contribution in [2.24, 2.45) is 0 Å². The smallest absolute Gasteiger partial charge is 0.232 e. The van der Waals surface area contributed by atoms with Crippen molar-refractivity contribution in [3.63, 3.8) is 0 Å². The third-order valence-electron chi connectivity index (χ3n) is 3.52. The average Bonchev–Trinajstić information content (AvgIpc) is 2.47. The topological polar surface area (TPSA) is 75.7 Å². The minimum Gasteiger partial charge on any atom is -0.383 e. The van der Waals surface area contributed by atoms with Gasteiger partial charge in [-0.05, 0) is 24.5 Å². The summed E-state index contributed by atoms with van der Waals surface area (Å²) in [6.07, 6.45) is 2.00. The zero-order chi connectivity index (χ0) is 17.5. The highest BCUT2D eigenvalue weighted by Crippen LogP contribution is 2.28. The molecule has 1 N–H and O–H groups in total. The molecule has 0 spiro atoms. The van der Waals surface area contributed by atoms with Crippen LogP contribution >= 0.6 is 0 Å². The maximum Gasteiger partial charge on any atom is 0.232 e. The second kappa shape index (κ2) is 8.88. The van der Waals surface area contributed by atoms with E-state index in [9.17, 15) is 13.2 Å². The van der Waals surface area contributed by atoms with Crippen LogP contribution in [0.1, 0.15) is 24.5 Å². The molecular formula is C16H26N2O4S. The van der Waals surface area contributed by atoms with E-state index >= 15 is 0 Å². The van der Waals surface area contributed by atoms with Gasteiger partial charge in [-0.25, -0.2) is 8.42 Å². The number of methoxy groups -OCH3 is 1. The summed E-state index contributed by atoms with van der Waals surface area (Å²) in [4.78, 5) is 11.8. The second-order valence-corrected chi connectivity index (χ2v) is 7.27. The molecule has 0 heterocycles. The first-order chi connectivity index (χ1) is 10.8. The van der Waals surface area contributed by atoms with E-state index < -0.39 is 10.0 Å². The monoisotopic (exact) mass is 342 g/mol. The molecule has 6 nitrogen and oxygen atoms in total. The minimum atomic E-state index is -3.47. The number of nitrogens with zero attached hydrogens (tertiary/aromatic N) is 1. The molecule has 7 heteroatoms. The first kappa shape index (κ1) is 19.4. The lowest BCUT2D eigenvalue weighted by Crippen LogP contribution is -2.36. The number of aryl methyl sites for hydroxylation is 2. The van der Waals surface area contributed by atoms with Crippen LogP contribution in [0, 0.1) is 6.92 Å². The Morgan fingerprint density at radius 3 is 2.61 bits per heavy atom. The fraction of sp³-hybridized carbons (Fsp3) is 0.562. The maximum absolute atomic E-state index is 12.2. The number of para-hydroxylation sites is 1. The number of amides is 1. The predicted octanol–water partition coefficient (Wildman–Crippen LogP) is 1.48. The number of sulfonamides is 1. The molecule has 0 bridgehead atoms. The van der Waals surface area contributed by atoms with E-state index in [2.05, 4.69) is 5.32 Å². The van der Waals surface area contributed by atoms with Crippen molar-refractivity contribution in [3.05, 3.63) is 29.3 Å². The normalized spacial score (nSPS) is 11.3. The minimum absolute atomic E-state index is 0.105. The van der Waals surface area contributed by atoms with Gasteiger partial charge >= 0.3 is 0 Å². The third kappa shape index (κ3) is 5.84. The molecule has 0 aliphatic heterocycles. The molecule has 0 fully saturated rings. The van der Waals surface area contributed by atoms with Crippen LogP contribution in [0.25, 0.3) is 0 Å². The lowest BCUT2D eigenvalue weighted by Gasteiger charge is -2.26. The van der Waals surface area contributed by atoms with Crippen LogP contribution in [0.4, 0.5) is 5.69 Å². The Morgan fingerprint density at radius 2 is 2.04 bits per heavy atom. The summed E-state index contributed by atoms with van der Waals surface area (Å²) >= 11 is 0. The van der Waals surface area contributed by atoms with E-state index in [0.717, 1.165) is 17.5 Å². The van der Waals surface area contributed by atoms with Gasteiger partial charge in [0.1, 0.15) is 0 Å². The Morgan fingerprint density at radius 1 is 1.35 bits per heavy atom. The number of anilines is 1. The first-order valence-electron chi connectivity index (χ1n) is 7.63. The van der Waals surface area contributed by atoms with E-state index in [4.69, 9.17) is 4.74 Å². The molecule has 0 saturated carbocycles. The summed E-state index contributed by atoms with van der Waals surface area (Å²) in [6, 6.07) is 5.71. The SMILES string of the molecule is CCc1cccc(C)c1N(CCC(=O)NCCOC)S(C)(=O)=O. The molecule has 1 aromatic rings. The van der Waals surface area contributed by atoms with Crippen molar-refractivity contribution in [1.29, 1.82) is 0 Å². The molecule has 0 aromatic heterocycles. The van der Waals surface area contributed by atoms with Gasteiger partial charge in [-0.1, -0.05) is 25.1 Å². The van der Waals surface area contributed by atoms with Gasteiger partial charge in [0.2, 0.25) is 15.9 Å². The highest BCUT2D eigenvalue weighted by atomic mass is 32.2. The van der Waals surface area contributed by atoms with Crippen LogP contribution < -0.4 is 9.62 Å². The van der Waals surface area contributed by atoms with E-state index in [1.807, 2.05) is 32.0 Å². The Kier molecular flexibility index (Phi) is 7.51. The molecule has 0 saturated heterocycles. The van der Waals surface area contributed by atoms with Crippen LogP contribution in [-0.4, -0.2) is 47.4 Å². The number of nitrogens with one attached hydrogen (secondary N) is 1. The molecule has 0 aliphatic rings. The number of benzene rings is 1. The van der Waals surface area contributed by atoms with Crippen LogP contribution in [-0.2, 0) is 26.0 Å². The van der Waals surface area contributed by atoms with Crippen LogP contribution in [0.15, 0.2) is 18.2 Å². The second-order valence-electron chi connectivity index (χ2n) is 5.36. The Hall–Kier alpha value is -1.60. The maximum atomic E-state index is 12.2. The summed E-state index contributed by atoms with van der Waals surface area (Å²) in [6.45, 7) is 4.83. The molecule has 0 radical (unpaired) electrons. The molecule has 0 atom stereocenters. The number of ether oxygens (including phenoxy) is 1. The third-order valence-corrected chi connectivity index (χ3v) is 4.69. The highest BCUT2D eigenvalue weighted by Gasteiger charge is 2.22. The lowest BCUT2D eigenvalue weighted by molar-refractivity contribution is -0.121. The summed E-state index contributed by atoms with van der Waals surface area (Å²) in [5, 5.41) is 2.70. The molecule has 23 heavy (non-hydrogen) atoms. The fourth-order valence-corrected chi connectivity index (χ4v) is 3.41. The van der Waals surface area contributed by atoms with Gasteiger partial charge in [-0.15, -0.1) is 0 Å². The molecule has 1 aromatic carbocycles. The number of rotatable bonds is 9. The number of carbonyl (C=O) groups is 1. The van der Waals surface area contributed by atoms with Gasteiger partial charge in [0, 0.05) is 26.6 Å². The zero-order valence-electron chi connectivity index (χ0n) is 14.3. The van der Waals surface area contributed by atoms with Crippen molar-refractivity contribution in [1.82, 2.24) is 5.32 Å². The van der Waals surface area contributed by atoms with Crippen LogP contribution in [0.2, 0.25) is 0 Å². The molecular weight excluding hydrogens is 316 g/mol. The van der Waals surface area contributed by atoms with Crippen molar-refractivity contribution in [2.75, 3.05) is 37.4 Å². The fourth-order valence-electron chi connectivity index (χ4n) is 2.39. The Bertz CT molecular complexity index is 629. The van der Waals surface area contributed by atoms with E-state index in [0.29, 0.717) is 18.8 Å². The Labute approximate surface area is 138 Å². The summed E-state index contributed by atoms with van der Waals surface area (Å²) < 4.78 is 30.6. The first-order valence-corrected chi connectivity index (χ1v) is 9.48. The van der Waals surface area contributed by atoms with Crippen molar-refractivity contribution in [2.45, 2.75) is 26.7 Å². The van der Waals surface area contributed by atoms with E-state index in [-0.39, 0.29) is 18.9 Å². The molecule has 130 valence electrons.